The average molecular weight is 243 g/mol. The summed E-state index contributed by atoms with van der Waals surface area (Å²) < 4.78 is 22.8. The van der Waals surface area contributed by atoms with Gasteiger partial charge in [-0.25, -0.2) is 8.42 Å². The van der Waals surface area contributed by atoms with Crippen molar-refractivity contribution in [3.63, 3.8) is 0 Å². The predicted molar refractivity (Wildman–Crippen MR) is 65.5 cm³/mol. The molecule has 0 saturated heterocycles. The van der Waals surface area contributed by atoms with E-state index in [-0.39, 0.29) is 16.5 Å². The Kier molecular flexibility index (Phi) is 3.82. The van der Waals surface area contributed by atoms with Crippen molar-refractivity contribution >= 4 is 27.0 Å². The van der Waals surface area contributed by atoms with Crippen LogP contribution in [0.5, 0.6) is 0 Å². The van der Waals surface area contributed by atoms with Crippen molar-refractivity contribution in [3.05, 3.63) is 35.4 Å². The molecule has 0 saturated carbocycles. The first-order valence-electron chi connectivity index (χ1n) is 4.54. The Morgan fingerprint density at radius 3 is 2.67 bits per heavy atom. The van der Waals surface area contributed by atoms with E-state index in [1.165, 1.54) is 0 Å². The summed E-state index contributed by atoms with van der Waals surface area (Å²) in [7, 11) is -3.00. The van der Waals surface area contributed by atoms with E-state index >= 15 is 0 Å². The molecular weight excluding hydrogens is 230 g/mol. The molecule has 1 aromatic carbocycles. The minimum atomic E-state index is -3.00. The van der Waals surface area contributed by atoms with E-state index in [0.717, 1.165) is 5.56 Å². The van der Waals surface area contributed by atoms with E-state index in [1.807, 2.05) is 0 Å². The number of hydrogen-bond donors (Lipinski definition) is 1. The number of sulfone groups is 1. The fraction of sp³-hybridized carbons (Fsp3) is 0.300. The predicted octanol–water partition coefficient (Wildman–Crippen LogP) is 1.26. The van der Waals surface area contributed by atoms with Gasteiger partial charge in [-0.15, -0.1) is 0 Å². The largest absolute Gasteiger partial charge is 0.389 e. The Bertz CT molecular complexity index is 466. The van der Waals surface area contributed by atoms with E-state index in [1.54, 1.807) is 31.2 Å². The summed E-state index contributed by atoms with van der Waals surface area (Å²) in [6, 6.07) is 7.00. The molecule has 0 atom stereocenters. The van der Waals surface area contributed by atoms with Gasteiger partial charge in [0, 0.05) is 11.3 Å². The zero-order valence-electron chi connectivity index (χ0n) is 8.43. The van der Waals surface area contributed by atoms with Gasteiger partial charge >= 0.3 is 0 Å². The molecule has 15 heavy (non-hydrogen) atoms. The quantitative estimate of drug-likeness (QED) is 0.809. The van der Waals surface area contributed by atoms with Crippen LogP contribution in [0.25, 0.3) is 0 Å². The Morgan fingerprint density at radius 1 is 1.47 bits per heavy atom. The molecule has 1 aromatic rings. The first-order valence-corrected chi connectivity index (χ1v) is 6.77. The number of thiocarbonyl (C=S) groups is 1. The molecule has 0 amide bonds. The Labute approximate surface area is 95.2 Å². The van der Waals surface area contributed by atoms with Gasteiger partial charge in [0.25, 0.3) is 0 Å². The van der Waals surface area contributed by atoms with E-state index in [0.29, 0.717) is 5.56 Å². The fourth-order valence-corrected chi connectivity index (χ4v) is 2.19. The van der Waals surface area contributed by atoms with E-state index < -0.39 is 9.84 Å². The molecular formula is C10H13NO2S2. The summed E-state index contributed by atoms with van der Waals surface area (Å²) in [5, 5.41) is 0. The lowest BCUT2D eigenvalue weighted by Crippen LogP contribution is -2.11. The van der Waals surface area contributed by atoms with Gasteiger partial charge in [-0.2, -0.15) is 0 Å². The topological polar surface area (TPSA) is 60.2 Å². The summed E-state index contributed by atoms with van der Waals surface area (Å²) in [6.07, 6.45) is 0. The van der Waals surface area contributed by atoms with Gasteiger partial charge in [0.15, 0.2) is 9.84 Å². The van der Waals surface area contributed by atoms with Crippen LogP contribution in [0.2, 0.25) is 0 Å². The zero-order chi connectivity index (χ0) is 11.5. The molecule has 5 heteroatoms. The highest BCUT2D eigenvalue weighted by atomic mass is 32.2. The minimum Gasteiger partial charge on any atom is -0.389 e. The number of rotatable bonds is 4. The molecule has 1 rings (SSSR count). The fourth-order valence-electron chi connectivity index (χ4n) is 1.17. The summed E-state index contributed by atoms with van der Waals surface area (Å²) in [6.45, 7) is 1.63. The smallest absolute Gasteiger partial charge is 0.154 e. The Balaban J connectivity index is 2.97. The third-order valence-electron chi connectivity index (χ3n) is 2.04. The maximum Gasteiger partial charge on any atom is 0.154 e. The van der Waals surface area contributed by atoms with Crippen molar-refractivity contribution in [1.29, 1.82) is 0 Å². The van der Waals surface area contributed by atoms with Crippen LogP contribution in [0, 0.1) is 0 Å². The van der Waals surface area contributed by atoms with Crippen molar-refractivity contribution in [1.82, 2.24) is 0 Å². The number of nitrogens with two attached hydrogens (primary N) is 1. The molecule has 0 heterocycles. The average Bonchev–Trinajstić information content (AvgIpc) is 2.17. The first kappa shape index (κ1) is 12.1. The van der Waals surface area contributed by atoms with E-state index in [4.69, 9.17) is 18.0 Å². The molecule has 0 spiro atoms. The molecule has 0 bridgehead atoms. The molecule has 0 fully saturated rings. The van der Waals surface area contributed by atoms with E-state index in [2.05, 4.69) is 0 Å². The summed E-state index contributed by atoms with van der Waals surface area (Å²) in [4.78, 5) is 0.283. The normalized spacial score (nSPS) is 11.3. The molecule has 0 aliphatic heterocycles. The van der Waals surface area contributed by atoms with Crippen LogP contribution < -0.4 is 5.73 Å². The second-order valence-electron chi connectivity index (χ2n) is 3.24. The second kappa shape index (κ2) is 4.72. The van der Waals surface area contributed by atoms with Gasteiger partial charge in [-0.05, 0) is 11.6 Å². The summed E-state index contributed by atoms with van der Waals surface area (Å²) in [5.74, 6) is 0.185. The molecule has 2 N–H and O–H groups in total. The van der Waals surface area contributed by atoms with Gasteiger partial charge in [-0.1, -0.05) is 37.3 Å². The maximum atomic E-state index is 11.4. The highest BCUT2D eigenvalue weighted by Gasteiger charge is 2.09. The van der Waals surface area contributed by atoms with Gasteiger partial charge in [0.2, 0.25) is 0 Å². The maximum absolute atomic E-state index is 11.4. The van der Waals surface area contributed by atoms with Crippen LogP contribution in [0.3, 0.4) is 0 Å². The Hall–Kier alpha value is -0.940. The second-order valence-corrected chi connectivity index (χ2v) is 6.03. The lowest BCUT2D eigenvalue weighted by Gasteiger charge is -2.04. The van der Waals surface area contributed by atoms with Gasteiger partial charge < -0.3 is 5.73 Å². The highest BCUT2D eigenvalue weighted by molar-refractivity contribution is 7.90. The first-order chi connectivity index (χ1) is 6.94. The number of hydrogen-bond acceptors (Lipinski definition) is 3. The summed E-state index contributed by atoms with van der Waals surface area (Å²) in [5.41, 5.74) is 6.89. The third kappa shape index (κ3) is 3.60. The highest BCUT2D eigenvalue weighted by Crippen LogP contribution is 2.09. The molecule has 3 nitrogen and oxygen atoms in total. The molecule has 0 unspecified atom stereocenters. The van der Waals surface area contributed by atoms with Gasteiger partial charge in [0.05, 0.1) is 5.75 Å². The zero-order valence-corrected chi connectivity index (χ0v) is 10.1. The van der Waals surface area contributed by atoms with Crippen molar-refractivity contribution in [2.45, 2.75) is 12.7 Å². The lowest BCUT2D eigenvalue weighted by atomic mass is 10.1. The van der Waals surface area contributed by atoms with Crippen LogP contribution in [-0.2, 0) is 15.6 Å². The Morgan fingerprint density at radius 2 is 2.13 bits per heavy atom. The summed E-state index contributed by atoms with van der Waals surface area (Å²) >= 11 is 4.82. The monoisotopic (exact) mass is 243 g/mol. The van der Waals surface area contributed by atoms with Crippen LogP contribution >= 0.6 is 12.2 Å². The van der Waals surface area contributed by atoms with Crippen molar-refractivity contribution in [2.24, 2.45) is 5.73 Å². The molecule has 0 aliphatic rings. The van der Waals surface area contributed by atoms with Crippen LogP contribution in [0.1, 0.15) is 18.1 Å². The van der Waals surface area contributed by atoms with Crippen molar-refractivity contribution < 1.29 is 8.42 Å². The van der Waals surface area contributed by atoms with E-state index in [9.17, 15) is 8.42 Å². The molecule has 0 aromatic heterocycles. The van der Waals surface area contributed by atoms with Crippen molar-refractivity contribution in [2.75, 3.05) is 5.75 Å². The lowest BCUT2D eigenvalue weighted by molar-refractivity contribution is 0.596. The number of benzene rings is 1. The minimum absolute atomic E-state index is 0.0416. The molecule has 0 radical (unpaired) electrons. The molecule has 82 valence electrons. The van der Waals surface area contributed by atoms with Gasteiger partial charge in [0.1, 0.15) is 4.99 Å². The van der Waals surface area contributed by atoms with Crippen LogP contribution in [0.15, 0.2) is 24.3 Å². The van der Waals surface area contributed by atoms with Crippen molar-refractivity contribution in [3.8, 4) is 0 Å². The standard InChI is InChI=1S/C10H13NO2S2/c1-2-15(12,13)7-8-4-3-5-9(6-8)10(11)14/h3-6H,2,7H2,1H3,(H2,11,14). The molecule has 0 aliphatic carbocycles. The van der Waals surface area contributed by atoms with Crippen LogP contribution in [-0.4, -0.2) is 19.2 Å². The van der Waals surface area contributed by atoms with Gasteiger partial charge in [-0.3, -0.25) is 0 Å². The SMILES string of the molecule is CCS(=O)(=O)Cc1cccc(C(N)=S)c1. The van der Waals surface area contributed by atoms with Crippen LogP contribution in [0.4, 0.5) is 0 Å². The third-order valence-corrected chi connectivity index (χ3v) is 3.93.